The summed E-state index contributed by atoms with van der Waals surface area (Å²) in [4.78, 5) is 9.02. The van der Waals surface area contributed by atoms with Crippen molar-refractivity contribution in [1.82, 2.24) is 30.2 Å². The minimum Gasteiger partial charge on any atom is -0.379 e. The number of aryl methyl sites for hydroxylation is 1. The second kappa shape index (κ2) is 7.00. The molecule has 0 amide bonds. The van der Waals surface area contributed by atoms with Crippen LogP contribution in [0.2, 0.25) is 0 Å². The molecule has 3 aromatic rings. The molecule has 1 saturated carbocycles. The Labute approximate surface area is 151 Å². The van der Waals surface area contributed by atoms with Crippen LogP contribution in [0.25, 0.3) is 22.6 Å². The molecule has 0 aliphatic heterocycles. The van der Waals surface area contributed by atoms with Crippen LogP contribution in [0.5, 0.6) is 0 Å². The predicted molar refractivity (Wildman–Crippen MR) is 98.0 cm³/mol. The van der Waals surface area contributed by atoms with Gasteiger partial charge in [-0.2, -0.15) is 0 Å². The molecule has 0 radical (unpaired) electrons. The first kappa shape index (κ1) is 16.9. The topological polar surface area (TPSA) is 134 Å². The highest BCUT2D eigenvalue weighted by Crippen LogP contribution is 2.28. The van der Waals surface area contributed by atoms with Gasteiger partial charge >= 0.3 is 0 Å². The van der Waals surface area contributed by atoms with E-state index in [1.165, 1.54) is 0 Å². The van der Waals surface area contributed by atoms with Crippen LogP contribution >= 0.6 is 0 Å². The van der Waals surface area contributed by atoms with Crippen LogP contribution in [-0.4, -0.2) is 36.9 Å². The number of nitrogen functional groups attached to an aromatic ring is 1. The van der Waals surface area contributed by atoms with Crippen LogP contribution in [-0.2, 0) is 13.1 Å². The molecule has 3 aromatic heterocycles. The van der Waals surface area contributed by atoms with Gasteiger partial charge in [0.15, 0.2) is 17.3 Å². The lowest BCUT2D eigenvalue weighted by atomic mass is 9.92. The molecule has 0 spiro atoms. The molecule has 26 heavy (non-hydrogen) atoms. The maximum absolute atomic E-state index is 6.00. The van der Waals surface area contributed by atoms with Gasteiger partial charge in [0.1, 0.15) is 5.52 Å². The van der Waals surface area contributed by atoms with Crippen molar-refractivity contribution < 1.29 is 4.63 Å². The van der Waals surface area contributed by atoms with Crippen molar-refractivity contribution in [3.05, 3.63) is 18.0 Å². The smallest absolute Gasteiger partial charge is 0.199 e. The maximum atomic E-state index is 6.00. The first-order valence-electron chi connectivity index (χ1n) is 9.07. The molecule has 0 aromatic carbocycles. The van der Waals surface area contributed by atoms with Gasteiger partial charge in [-0.05, 0) is 42.9 Å². The van der Waals surface area contributed by atoms with Gasteiger partial charge in [0, 0.05) is 36.9 Å². The molecule has 0 saturated heterocycles. The highest BCUT2D eigenvalue weighted by molar-refractivity contribution is 5.83. The summed E-state index contributed by atoms with van der Waals surface area (Å²) in [7, 11) is 0. The lowest BCUT2D eigenvalue weighted by molar-refractivity contribution is 0.310. The Bertz CT molecular complexity index is 893. The Hall–Kier alpha value is -2.52. The number of nitrogens with two attached hydrogens (primary N) is 2. The molecule has 1 aliphatic carbocycles. The van der Waals surface area contributed by atoms with Gasteiger partial charge in [-0.15, -0.1) is 0 Å². The second-order valence-corrected chi connectivity index (χ2v) is 6.84. The zero-order valence-corrected chi connectivity index (χ0v) is 14.9. The summed E-state index contributed by atoms with van der Waals surface area (Å²) in [5.74, 6) is 0.889. The fourth-order valence-electron chi connectivity index (χ4n) is 3.70. The standard InChI is InChI=1S/C17H24N8O/c1-2-25-15-10(8-21-12-5-3-11(18)4-6-12)7-20-9-13(15)22-17(25)14-16(19)24-26-23-14/h7,9,11-12,21H,2-6,8,18H2,1H3,(H2,19,24). The van der Waals surface area contributed by atoms with Gasteiger partial charge < -0.3 is 21.4 Å². The van der Waals surface area contributed by atoms with E-state index in [2.05, 4.69) is 37.1 Å². The lowest BCUT2D eigenvalue weighted by Crippen LogP contribution is -2.37. The van der Waals surface area contributed by atoms with E-state index < -0.39 is 0 Å². The molecule has 0 bridgehead atoms. The number of nitrogens with zero attached hydrogens (tertiary/aromatic N) is 5. The number of pyridine rings is 1. The summed E-state index contributed by atoms with van der Waals surface area (Å²) in [5, 5.41) is 11.2. The summed E-state index contributed by atoms with van der Waals surface area (Å²) in [6.07, 6.45) is 8.04. The van der Waals surface area contributed by atoms with Crippen molar-refractivity contribution in [2.75, 3.05) is 5.73 Å². The van der Waals surface area contributed by atoms with Crippen molar-refractivity contribution in [3.63, 3.8) is 0 Å². The van der Waals surface area contributed by atoms with Crippen LogP contribution in [0.1, 0.15) is 38.2 Å². The van der Waals surface area contributed by atoms with Gasteiger partial charge in [-0.1, -0.05) is 0 Å². The molecular formula is C17H24N8O. The Kier molecular flexibility index (Phi) is 4.56. The number of rotatable bonds is 5. The van der Waals surface area contributed by atoms with Gasteiger partial charge in [0.25, 0.3) is 0 Å². The number of aromatic nitrogens is 5. The average Bonchev–Trinajstić information content (AvgIpc) is 3.24. The summed E-state index contributed by atoms with van der Waals surface area (Å²) in [5.41, 5.74) is 15.3. The van der Waals surface area contributed by atoms with E-state index in [4.69, 9.17) is 16.1 Å². The third kappa shape index (κ3) is 3.04. The monoisotopic (exact) mass is 356 g/mol. The number of hydrogen-bond acceptors (Lipinski definition) is 8. The molecule has 1 aliphatic rings. The van der Waals surface area contributed by atoms with E-state index in [0.717, 1.165) is 55.4 Å². The van der Waals surface area contributed by atoms with Crippen molar-refractivity contribution in [1.29, 1.82) is 0 Å². The normalized spacial score (nSPS) is 20.7. The largest absolute Gasteiger partial charge is 0.379 e. The third-order valence-electron chi connectivity index (χ3n) is 5.12. The van der Waals surface area contributed by atoms with E-state index in [1.807, 2.05) is 6.20 Å². The van der Waals surface area contributed by atoms with E-state index >= 15 is 0 Å². The van der Waals surface area contributed by atoms with Crippen LogP contribution in [0.4, 0.5) is 5.82 Å². The van der Waals surface area contributed by atoms with Gasteiger partial charge in [-0.25, -0.2) is 9.61 Å². The minimum atomic E-state index is 0.237. The van der Waals surface area contributed by atoms with Crippen LogP contribution < -0.4 is 16.8 Å². The van der Waals surface area contributed by atoms with Crippen molar-refractivity contribution in [3.8, 4) is 11.5 Å². The molecule has 0 atom stereocenters. The van der Waals surface area contributed by atoms with Crippen molar-refractivity contribution in [2.24, 2.45) is 5.73 Å². The van der Waals surface area contributed by atoms with Gasteiger partial charge in [0.05, 0.1) is 11.7 Å². The number of fused-ring (bicyclic) bond motifs is 1. The molecule has 5 N–H and O–H groups in total. The van der Waals surface area contributed by atoms with Crippen LogP contribution in [0, 0.1) is 0 Å². The Balaban J connectivity index is 1.65. The first-order valence-corrected chi connectivity index (χ1v) is 9.07. The molecule has 9 heteroatoms. The Morgan fingerprint density at radius 2 is 2.04 bits per heavy atom. The molecule has 4 rings (SSSR count). The number of imidazole rings is 1. The van der Waals surface area contributed by atoms with E-state index in [9.17, 15) is 0 Å². The molecule has 1 fully saturated rings. The van der Waals surface area contributed by atoms with E-state index in [-0.39, 0.29) is 5.82 Å². The third-order valence-corrected chi connectivity index (χ3v) is 5.12. The van der Waals surface area contributed by atoms with Gasteiger partial charge in [0.2, 0.25) is 0 Å². The molecule has 138 valence electrons. The Morgan fingerprint density at radius 3 is 2.73 bits per heavy atom. The summed E-state index contributed by atoms with van der Waals surface area (Å²) < 4.78 is 6.83. The first-order chi connectivity index (χ1) is 12.7. The van der Waals surface area contributed by atoms with Crippen molar-refractivity contribution in [2.45, 2.75) is 57.8 Å². The number of anilines is 1. The molecular weight excluding hydrogens is 332 g/mol. The summed E-state index contributed by atoms with van der Waals surface area (Å²) >= 11 is 0. The van der Waals surface area contributed by atoms with E-state index in [1.54, 1.807) is 6.20 Å². The van der Waals surface area contributed by atoms with Crippen molar-refractivity contribution >= 4 is 16.9 Å². The minimum absolute atomic E-state index is 0.237. The lowest BCUT2D eigenvalue weighted by Gasteiger charge is -2.27. The highest BCUT2D eigenvalue weighted by atomic mass is 16.6. The van der Waals surface area contributed by atoms with E-state index in [0.29, 0.717) is 23.6 Å². The highest BCUT2D eigenvalue weighted by Gasteiger charge is 2.22. The number of hydrogen-bond donors (Lipinski definition) is 3. The summed E-state index contributed by atoms with van der Waals surface area (Å²) in [6.45, 7) is 3.53. The van der Waals surface area contributed by atoms with Gasteiger partial charge in [-0.3, -0.25) is 4.98 Å². The molecule has 9 nitrogen and oxygen atoms in total. The maximum Gasteiger partial charge on any atom is 0.199 e. The predicted octanol–water partition coefficient (Wildman–Crippen LogP) is 1.44. The summed E-state index contributed by atoms with van der Waals surface area (Å²) in [6, 6.07) is 0.849. The van der Waals surface area contributed by atoms with Crippen LogP contribution in [0.15, 0.2) is 17.0 Å². The fourth-order valence-corrected chi connectivity index (χ4v) is 3.70. The van der Waals surface area contributed by atoms with Crippen LogP contribution in [0.3, 0.4) is 0 Å². The zero-order chi connectivity index (χ0) is 18.1. The molecule has 0 unspecified atom stereocenters. The molecule has 3 heterocycles. The number of nitrogens with one attached hydrogen (secondary N) is 1. The zero-order valence-electron chi connectivity index (χ0n) is 14.9. The Morgan fingerprint density at radius 1 is 1.23 bits per heavy atom. The second-order valence-electron chi connectivity index (χ2n) is 6.84. The SMILES string of the molecule is CCn1c(-c2nonc2N)nc2cncc(CNC3CCC(N)CC3)c21. The average molecular weight is 356 g/mol. The quantitative estimate of drug-likeness (QED) is 0.625. The fraction of sp³-hybridized carbons (Fsp3) is 0.529.